The van der Waals surface area contributed by atoms with Crippen molar-refractivity contribution in [2.45, 2.75) is 199 Å². The van der Waals surface area contributed by atoms with Gasteiger partial charge < -0.3 is 24.6 Å². The van der Waals surface area contributed by atoms with Crippen molar-refractivity contribution in [1.82, 2.24) is 0 Å². The molecule has 0 aromatic rings. The maximum absolute atomic E-state index is 12.6. The summed E-state index contributed by atoms with van der Waals surface area (Å²) >= 11 is 0. The van der Waals surface area contributed by atoms with Crippen LogP contribution in [0.25, 0.3) is 0 Å². The molecule has 0 aliphatic rings. The van der Waals surface area contributed by atoms with E-state index in [1.807, 2.05) is 0 Å². The fraction of sp³-hybridized carbons (Fsp3) is 0.814. The Bertz CT molecular complexity index is 999. The van der Waals surface area contributed by atoms with Crippen molar-refractivity contribution in [2.24, 2.45) is 0 Å². The molecule has 0 rings (SSSR count). The fourth-order valence-electron chi connectivity index (χ4n) is 5.65. The molecule has 0 aliphatic carbocycles. The van der Waals surface area contributed by atoms with Crippen LogP contribution in [0, 0.1) is 0 Å². The highest BCUT2D eigenvalue weighted by molar-refractivity contribution is 7.47. The highest BCUT2D eigenvalue weighted by Gasteiger charge is 2.27. The first-order valence-electron chi connectivity index (χ1n) is 21.4. The summed E-state index contributed by atoms with van der Waals surface area (Å²) < 4.78 is 32.7. The summed E-state index contributed by atoms with van der Waals surface area (Å²) in [4.78, 5) is 35.0. The van der Waals surface area contributed by atoms with E-state index in [2.05, 4.69) is 54.8 Å². The number of unbranched alkanes of at least 4 members (excludes halogenated alkanes) is 20. The summed E-state index contributed by atoms with van der Waals surface area (Å²) in [6, 6.07) is 0. The minimum Gasteiger partial charge on any atom is -0.462 e. The molecule has 0 radical (unpaired) electrons. The van der Waals surface area contributed by atoms with E-state index in [9.17, 15) is 24.2 Å². The molecule has 3 atom stereocenters. The second kappa shape index (κ2) is 39.4. The molecule has 0 spiro atoms. The van der Waals surface area contributed by atoms with Gasteiger partial charge in [0.05, 0.1) is 19.8 Å². The van der Waals surface area contributed by atoms with E-state index in [-0.39, 0.29) is 19.4 Å². The van der Waals surface area contributed by atoms with Crippen molar-refractivity contribution in [3.05, 3.63) is 36.5 Å². The molecule has 54 heavy (non-hydrogen) atoms. The molecular weight excluding hydrogens is 707 g/mol. The Kier molecular flexibility index (Phi) is 38.1. The van der Waals surface area contributed by atoms with E-state index in [1.54, 1.807) is 0 Å². The molecule has 0 aliphatic heterocycles. The number of hydrogen-bond donors (Lipinski definition) is 3. The molecular formula is C43H79O10P. The van der Waals surface area contributed by atoms with Gasteiger partial charge in [-0.1, -0.05) is 147 Å². The van der Waals surface area contributed by atoms with Crippen LogP contribution < -0.4 is 0 Å². The van der Waals surface area contributed by atoms with Crippen molar-refractivity contribution in [1.29, 1.82) is 0 Å². The van der Waals surface area contributed by atoms with Crippen molar-refractivity contribution >= 4 is 19.8 Å². The summed E-state index contributed by atoms with van der Waals surface area (Å²) in [5, 5.41) is 18.3. The standard InChI is InChI=1S/C43H79O10P/c1-3-5-7-9-11-13-15-17-19-20-21-23-25-27-29-31-33-35-43(47)53-41(39-52-54(48,49)51-37-40(45)36-44)38-50-42(46)34-32-30-28-26-24-22-18-16-14-12-10-8-6-4-2/h10,12-13,15-16,18,40-41,44-45H,3-9,11,14,17,19-39H2,1-2H3,(H,48,49)/b12-10+,15-13+,18-16+/t40-,41+/m0/s1. The summed E-state index contributed by atoms with van der Waals surface area (Å²) in [5.41, 5.74) is 0. The molecule has 1 unspecified atom stereocenters. The van der Waals surface area contributed by atoms with Gasteiger partial charge >= 0.3 is 19.8 Å². The number of allylic oxidation sites excluding steroid dienone is 6. The second-order valence-corrected chi connectivity index (χ2v) is 15.8. The van der Waals surface area contributed by atoms with Crippen molar-refractivity contribution in [3.8, 4) is 0 Å². The van der Waals surface area contributed by atoms with Crippen LogP contribution in [-0.4, -0.2) is 65.7 Å². The normalized spacial score (nSPS) is 14.2. The molecule has 10 nitrogen and oxygen atoms in total. The summed E-state index contributed by atoms with van der Waals surface area (Å²) in [6.07, 6.45) is 39.6. The van der Waals surface area contributed by atoms with Gasteiger partial charge in [-0.25, -0.2) is 4.57 Å². The van der Waals surface area contributed by atoms with Crippen molar-refractivity contribution in [3.63, 3.8) is 0 Å². The SMILES string of the molecule is CCCC/C=C/C/C=C/CCCCCCCC(=O)OC[C@H](COP(=O)(O)OC[C@@H](O)CO)OC(=O)CCCCCCCCCCC/C=C/CCCCCC. The molecule has 11 heteroatoms. The second-order valence-electron chi connectivity index (χ2n) is 14.4. The average Bonchev–Trinajstić information content (AvgIpc) is 3.16. The molecule has 0 aromatic heterocycles. The Morgan fingerprint density at radius 1 is 0.556 bits per heavy atom. The van der Waals surface area contributed by atoms with E-state index in [4.69, 9.17) is 19.1 Å². The molecule has 0 aromatic carbocycles. The molecule has 316 valence electrons. The fourth-order valence-corrected chi connectivity index (χ4v) is 6.44. The smallest absolute Gasteiger partial charge is 0.462 e. The number of rotatable bonds is 40. The number of esters is 2. The maximum atomic E-state index is 12.6. The summed E-state index contributed by atoms with van der Waals surface area (Å²) in [7, 11) is -4.62. The Hall–Kier alpha value is -1.81. The minimum atomic E-state index is -4.62. The lowest BCUT2D eigenvalue weighted by atomic mass is 10.1. The maximum Gasteiger partial charge on any atom is 0.472 e. The summed E-state index contributed by atoms with van der Waals surface area (Å²) in [6.45, 7) is 2.31. The van der Waals surface area contributed by atoms with Gasteiger partial charge in [-0.2, -0.15) is 0 Å². The number of carbonyl (C=O) groups is 2. The number of aliphatic hydroxyl groups is 2. The highest BCUT2D eigenvalue weighted by Crippen LogP contribution is 2.43. The topological polar surface area (TPSA) is 149 Å². The van der Waals surface area contributed by atoms with Gasteiger partial charge in [0.2, 0.25) is 0 Å². The zero-order chi connectivity index (χ0) is 39.8. The number of phosphoric ester groups is 1. The van der Waals surface area contributed by atoms with Crippen LogP contribution in [0.2, 0.25) is 0 Å². The predicted octanol–water partition coefficient (Wildman–Crippen LogP) is 11.2. The lowest BCUT2D eigenvalue weighted by molar-refractivity contribution is -0.161. The van der Waals surface area contributed by atoms with E-state index in [1.165, 1.54) is 83.5 Å². The van der Waals surface area contributed by atoms with Gasteiger partial charge in [0.25, 0.3) is 0 Å². The van der Waals surface area contributed by atoms with Gasteiger partial charge in [0.15, 0.2) is 6.10 Å². The van der Waals surface area contributed by atoms with Gasteiger partial charge in [-0.05, 0) is 64.2 Å². The number of ether oxygens (including phenoxy) is 2. The highest BCUT2D eigenvalue weighted by atomic mass is 31.2. The van der Waals surface area contributed by atoms with Gasteiger partial charge in [0, 0.05) is 12.8 Å². The third-order valence-corrected chi connectivity index (χ3v) is 9.97. The third-order valence-electron chi connectivity index (χ3n) is 9.02. The van der Waals surface area contributed by atoms with E-state index in [0.717, 1.165) is 64.2 Å². The number of carbonyl (C=O) groups excluding carboxylic acids is 2. The lowest BCUT2D eigenvalue weighted by Crippen LogP contribution is -2.29. The average molecular weight is 787 g/mol. The first-order chi connectivity index (χ1) is 26.2. The Morgan fingerprint density at radius 3 is 1.50 bits per heavy atom. The zero-order valence-corrected chi connectivity index (χ0v) is 35.1. The van der Waals surface area contributed by atoms with Crippen LogP contribution >= 0.6 is 7.82 Å². The van der Waals surface area contributed by atoms with E-state index < -0.39 is 51.8 Å². The minimum absolute atomic E-state index is 0.179. The van der Waals surface area contributed by atoms with Crippen molar-refractivity contribution in [2.75, 3.05) is 26.4 Å². The molecule has 0 bridgehead atoms. The van der Waals surface area contributed by atoms with Crippen LogP contribution in [-0.2, 0) is 32.7 Å². The van der Waals surface area contributed by atoms with Gasteiger partial charge in [-0.3, -0.25) is 18.6 Å². The molecule has 0 heterocycles. The Labute approximate surface area is 329 Å². The first kappa shape index (κ1) is 52.2. The predicted molar refractivity (Wildman–Crippen MR) is 219 cm³/mol. The van der Waals surface area contributed by atoms with Crippen LogP contribution in [0.1, 0.15) is 187 Å². The molecule has 0 saturated heterocycles. The van der Waals surface area contributed by atoms with Gasteiger partial charge in [0.1, 0.15) is 12.7 Å². The monoisotopic (exact) mass is 787 g/mol. The van der Waals surface area contributed by atoms with E-state index >= 15 is 0 Å². The molecule has 0 fully saturated rings. The Balaban J connectivity index is 4.31. The summed E-state index contributed by atoms with van der Waals surface area (Å²) in [5.74, 6) is -0.942. The van der Waals surface area contributed by atoms with Crippen LogP contribution in [0.4, 0.5) is 0 Å². The van der Waals surface area contributed by atoms with Crippen LogP contribution in [0.5, 0.6) is 0 Å². The molecule has 0 saturated carbocycles. The molecule has 3 N–H and O–H groups in total. The largest absolute Gasteiger partial charge is 0.472 e. The quantitative estimate of drug-likeness (QED) is 0.0237. The van der Waals surface area contributed by atoms with Crippen LogP contribution in [0.15, 0.2) is 36.5 Å². The molecule has 0 amide bonds. The number of hydrogen-bond acceptors (Lipinski definition) is 9. The third kappa shape index (κ3) is 38.5. The lowest BCUT2D eigenvalue weighted by Gasteiger charge is -2.20. The van der Waals surface area contributed by atoms with Crippen LogP contribution in [0.3, 0.4) is 0 Å². The van der Waals surface area contributed by atoms with Gasteiger partial charge in [-0.15, -0.1) is 0 Å². The van der Waals surface area contributed by atoms with Crippen molar-refractivity contribution < 1.29 is 47.8 Å². The number of phosphoric acid groups is 1. The first-order valence-corrected chi connectivity index (χ1v) is 22.9. The Morgan fingerprint density at radius 2 is 0.981 bits per heavy atom. The van der Waals surface area contributed by atoms with E-state index in [0.29, 0.717) is 12.8 Å². The number of aliphatic hydroxyl groups excluding tert-OH is 2. The zero-order valence-electron chi connectivity index (χ0n) is 34.2.